The lowest BCUT2D eigenvalue weighted by Crippen LogP contribution is -2.38. The number of para-hydroxylation sites is 2. The monoisotopic (exact) mass is 305 g/mol. The Balaban J connectivity index is 2.06. The molecule has 1 fully saturated rings. The average molecular weight is 305 g/mol. The van der Waals surface area contributed by atoms with Crippen molar-refractivity contribution in [1.82, 2.24) is 14.9 Å². The first-order valence-corrected chi connectivity index (χ1v) is 7.74. The number of aliphatic carboxylic acids is 1. The van der Waals surface area contributed by atoms with Gasteiger partial charge in [0.05, 0.1) is 16.8 Å². The lowest BCUT2D eigenvalue weighted by molar-refractivity contribution is -0.134. The van der Waals surface area contributed by atoms with Gasteiger partial charge in [-0.15, -0.1) is 0 Å². The van der Waals surface area contributed by atoms with Crippen LogP contribution in [0.3, 0.4) is 0 Å². The number of carboxylic acid groups (broad SMARTS) is 1. The van der Waals surface area contributed by atoms with Gasteiger partial charge in [-0.05, 0) is 25.0 Å². The van der Waals surface area contributed by atoms with E-state index in [-0.39, 0.29) is 17.7 Å². The number of rotatable bonds is 4. The van der Waals surface area contributed by atoms with Crippen LogP contribution < -0.4 is 5.32 Å². The third-order valence-corrected chi connectivity index (χ3v) is 4.39. The van der Waals surface area contributed by atoms with Gasteiger partial charge in [-0.3, -0.25) is 9.59 Å². The van der Waals surface area contributed by atoms with Crippen LogP contribution in [0, 0.1) is 0 Å². The van der Waals surface area contributed by atoms with Gasteiger partial charge in [0.2, 0.25) is 5.91 Å². The van der Waals surface area contributed by atoms with Crippen molar-refractivity contribution in [3.05, 3.63) is 24.3 Å². The molecule has 0 aliphatic carbocycles. The molecule has 1 saturated heterocycles. The standard InChI is InChI=1S/C14H15N3O3S/c18-12(19)8-21-14-16-9-4-1-2-5-10(9)17(14)11-6-3-7-15-13(11)20/h1-2,4-5,11H,3,6-8H2,(H,15,20)(H,18,19). The number of nitrogens with zero attached hydrogens (tertiary/aromatic N) is 2. The molecule has 1 amide bonds. The molecule has 2 heterocycles. The molecule has 2 N–H and O–H groups in total. The van der Waals surface area contributed by atoms with E-state index in [1.807, 2.05) is 28.8 Å². The van der Waals surface area contributed by atoms with Crippen LogP contribution in [-0.4, -0.2) is 38.8 Å². The second kappa shape index (κ2) is 5.77. The molecule has 7 heteroatoms. The highest BCUT2D eigenvalue weighted by atomic mass is 32.2. The summed E-state index contributed by atoms with van der Waals surface area (Å²) in [5.74, 6) is -0.995. The number of piperidine rings is 1. The predicted octanol–water partition coefficient (Wildman–Crippen LogP) is 1.66. The van der Waals surface area contributed by atoms with Crippen LogP contribution in [0.25, 0.3) is 11.0 Å². The molecule has 1 aromatic heterocycles. The maximum atomic E-state index is 12.1. The summed E-state index contributed by atoms with van der Waals surface area (Å²) < 4.78 is 1.87. The fraction of sp³-hybridized carbons (Fsp3) is 0.357. The summed E-state index contributed by atoms with van der Waals surface area (Å²) in [7, 11) is 0. The molecule has 21 heavy (non-hydrogen) atoms. The molecule has 1 aliphatic heterocycles. The van der Waals surface area contributed by atoms with Crippen LogP contribution >= 0.6 is 11.8 Å². The van der Waals surface area contributed by atoms with Gasteiger partial charge in [0, 0.05) is 6.54 Å². The van der Waals surface area contributed by atoms with E-state index in [1.54, 1.807) is 0 Å². The summed E-state index contributed by atoms with van der Waals surface area (Å²) in [4.78, 5) is 27.4. The van der Waals surface area contributed by atoms with Crippen LogP contribution in [0.4, 0.5) is 0 Å². The van der Waals surface area contributed by atoms with Crippen LogP contribution in [0.5, 0.6) is 0 Å². The summed E-state index contributed by atoms with van der Waals surface area (Å²) in [6, 6.07) is 7.24. The molecule has 2 aromatic rings. The molecule has 0 saturated carbocycles. The molecule has 1 aliphatic rings. The van der Waals surface area contributed by atoms with Gasteiger partial charge in [0.15, 0.2) is 5.16 Å². The van der Waals surface area contributed by atoms with E-state index in [2.05, 4.69) is 10.3 Å². The van der Waals surface area contributed by atoms with Crippen molar-refractivity contribution in [2.75, 3.05) is 12.3 Å². The van der Waals surface area contributed by atoms with Crippen molar-refractivity contribution in [2.24, 2.45) is 0 Å². The van der Waals surface area contributed by atoms with Crippen molar-refractivity contribution in [3.8, 4) is 0 Å². The number of thioether (sulfide) groups is 1. The minimum Gasteiger partial charge on any atom is -0.481 e. The van der Waals surface area contributed by atoms with Crippen molar-refractivity contribution < 1.29 is 14.7 Å². The number of hydrogen-bond acceptors (Lipinski definition) is 4. The van der Waals surface area contributed by atoms with E-state index in [0.717, 1.165) is 35.6 Å². The zero-order valence-corrected chi connectivity index (χ0v) is 12.1. The number of fused-ring (bicyclic) bond motifs is 1. The second-order valence-electron chi connectivity index (χ2n) is 4.88. The number of aromatic nitrogens is 2. The van der Waals surface area contributed by atoms with E-state index in [0.29, 0.717) is 11.7 Å². The Hall–Kier alpha value is -2.02. The zero-order chi connectivity index (χ0) is 14.8. The van der Waals surface area contributed by atoms with Crippen LogP contribution in [-0.2, 0) is 9.59 Å². The normalized spacial score (nSPS) is 18.7. The SMILES string of the molecule is O=C(O)CSc1nc2ccccc2n1C1CCCNC1=O. The highest BCUT2D eigenvalue weighted by molar-refractivity contribution is 7.99. The van der Waals surface area contributed by atoms with Gasteiger partial charge >= 0.3 is 5.97 Å². The first kappa shape index (κ1) is 13.9. The Morgan fingerprint density at radius 2 is 2.29 bits per heavy atom. The minimum absolute atomic E-state index is 0.0263. The van der Waals surface area contributed by atoms with E-state index in [1.165, 1.54) is 0 Å². The van der Waals surface area contributed by atoms with Crippen LogP contribution in [0.2, 0.25) is 0 Å². The summed E-state index contributed by atoms with van der Waals surface area (Å²) in [6.45, 7) is 0.694. The molecule has 6 nitrogen and oxygen atoms in total. The lowest BCUT2D eigenvalue weighted by Gasteiger charge is -2.24. The predicted molar refractivity (Wildman–Crippen MR) is 79.4 cm³/mol. The molecule has 1 unspecified atom stereocenters. The average Bonchev–Trinajstić information content (AvgIpc) is 2.84. The molecular formula is C14H15N3O3S. The molecular weight excluding hydrogens is 290 g/mol. The Morgan fingerprint density at radius 1 is 1.48 bits per heavy atom. The Morgan fingerprint density at radius 3 is 3.05 bits per heavy atom. The molecule has 1 aromatic carbocycles. The first-order chi connectivity index (χ1) is 10.2. The summed E-state index contributed by atoms with van der Waals surface area (Å²) in [6.07, 6.45) is 1.65. The Kier molecular flexibility index (Phi) is 3.83. The van der Waals surface area contributed by atoms with E-state index >= 15 is 0 Å². The number of imidazole rings is 1. The second-order valence-corrected chi connectivity index (χ2v) is 5.83. The largest absolute Gasteiger partial charge is 0.481 e. The number of nitrogens with one attached hydrogen (secondary N) is 1. The maximum Gasteiger partial charge on any atom is 0.313 e. The zero-order valence-electron chi connectivity index (χ0n) is 11.3. The van der Waals surface area contributed by atoms with Gasteiger partial charge < -0.3 is 15.0 Å². The molecule has 0 bridgehead atoms. The minimum atomic E-state index is -0.897. The fourth-order valence-electron chi connectivity index (χ4n) is 2.55. The Labute approximate surface area is 125 Å². The number of carboxylic acids is 1. The fourth-order valence-corrected chi connectivity index (χ4v) is 3.33. The van der Waals surface area contributed by atoms with Gasteiger partial charge in [-0.2, -0.15) is 0 Å². The smallest absolute Gasteiger partial charge is 0.313 e. The van der Waals surface area contributed by atoms with E-state index in [4.69, 9.17) is 5.11 Å². The van der Waals surface area contributed by atoms with E-state index < -0.39 is 5.97 Å². The number of amides is 1. The number of carbonyl (C=O) groups is 2. The summed E-state index contributed by atoms with van der Waals surface area (Å²) in [5.41, 5.74) is 1.65. The summed E-state index contributed by atoms with van der Waals surface area (Å²) >= 11 is 1.15. The number of hydrogen-bond donors (Lipinski definition) is 2. The third kappa shape index (κ3) is 2.73. The molecule has 0 radical (unpaired) electrons. The quantitative estimate of drug-likeness (QED) is 0.839. The highest BCUT2D eigenvalue weighted by Gasteiger charge is 2.28. The number of carbonyl (C=O) groups excluding carboxylic acids is 1. The molecule has 0 spiro atoms. The van der Waals surface area contributed by atoms with Crippen molar-refractivity contribution in [1.29, 1.82) is 0 Å². The van der Waals surface area contributed by atoms with Gasteiger partial charge in [-0.1, -0.05) is 23.9 Å². The van der Waals surface area contributed by atoms with Gasteiger partial charge in [-0.25, -0.2) is 4.98 Å². The lowest BCUT2D eigenvalue weighted by atomic mass is 10.1. The highest BCUT2D eigenvalue weighted by Crippen LogP contribution is 2.31. The van der Waals surface area contributed by atoms with Crippen molar-refractivity contribution in [2.45, 2.75) is 24.0 Å². The topological polar surface area (TPSA) is 84.2 Å². The molecule has 1 atom stereocenters. The first-order valence-electron chi connectivity index (χ1n) is 6.76. The molecule has 110 valence electrons. The summed E-state index contributed by atoms with van der Waals surface area (Å²) in [5, 5.41) is 12.3. The van der Waals surface area contributed by atoms with E-state index in [9.17, 15) is 9.59 Å². The third-order valence-electron chi connectivity index (χ3n) is 3.46. The van der Waals surface area contributed by atoms with Crippen molar-refractivity contribution >= 4 is 34.7 Å². The maximum absolute atomic E-state index is 12.1. The van der Waals surface area contributed by atoms with Crippen molar-refractivity contribution in [3.63, 3.8) is 0 Å². The van der Waals surface area contributed by atoms with Gasteiger partial charge in [0.25, 0.3) is 0 Å². The van der Waals surface area contributed by atoms with Gasteiger partial charge in [0.1, 0.15) is 6.04 Å². The van der Waals surface area contributed by atoms with Crippen LogP contribution in [0.1, 0.15) is 18.9 Å². The Bertz CT molecular complexity index is 698. The van der Waals surface area contributed by atoms with Crippen LogP contribution in [0.15, 0.2) is 29.4 Å². The molecule has 3 rings (SSSR count). The number of benzene rings is 1.